The van der Waals surface area contributed by atoms with Gasteiger partial charge in [0.05, 0.1) is 15.7 Å². The van der Waals surface area contributed by atoms with E-state index < -0.39 is 0 Å². The van der Waals surface area contributed by atoms with Crippen molar-refractivity contribution < 1.29 is 0 Å². The summed E-state index contributed by atoms with van der Waals surface area (Å²) < 4.78 is 1.59. The number of nitrogen functional groups attached to an aromatic ring is 1. The second-order valence-electron chi connectivity index (χ2n) is 4.58. The molecule has 0 aliphatic heterocycles. The lowest BCUT2D eigenvalue weighted by Crippen LogP contribution is -2.00. The largest absolute Gasteiger partial charge is 0.398 e. The normalized spacial score (nSPS) is 10.8. The van der Waals surface area contributed by atoms with Gasteiger partial charge in [-0.2, -0.15) is 4.68 Å². The van der Waals surface area contributed by atoms with Crippen molar-refractivity contribution in [3.63, 3.8) is 0 Å². The molecule has 3 aromatic rings. The number of aryl methyl sites for hydroxylation is 1. The molecular formula is C14H11Cl2N5. The van der Waals surface area contributed by atoms with Gasteiger partial charge in [0.15, 0.2) is 5.82 Å². The highest BCUT2D eigenvalue weighted by Crippen LogP contribution is 2.27. The Morgan fingerprint density at radius 1 is 1.05 bits per heavy atom. The highest BCUT2D eigenvalue weighted by atomic mass is 35.5. The van der Waals surface area contributed by atoms with Gasteiger partial charge in [0, 0.05) is 11.3 Å². The van der Waals surface area contributed by atoms with Crippen LogP contribution in [-0.2, 0) is 0 Å². The Bertz CT molecular complexity index is 747. The maximum Gasteiger partial charge on any atom is 0.187 e. The summed E-state index contributed by atoms with van der Waals surface area (Å²) in [4.78, 5) is 0. The van der Waals surface area contributed by atoms with Gasteiger partial charge in [-0.25, -0.2) is 0 Å². The molecular weight excluding hydrogens is 309 g/mol. The van der Waals surface area contributed by atoms with Crippen LogP contribution in [0, 0.1) is 6.92 Å². The standard InChI is InChI=1S/C14H11Cl2N5/c1-8-2-3-9(6-13(8)17)14-18-19-20-21(14)10-4-5-11(15)12(16)7-10/h2-7H,17H2,1H3. The summed E-state index contributed by atoms with van der Waals surface area (Å²) in [5, 5.41) is 12.7. The van der Waals surface area contributed by atoms with Gasteiger partial charge < -0.3 is 5.73 Å². The molecule has 0 fully saturated rings. The van der Waals surface area contributed by atoms with Gasteiger partial charge in [-0.1, -0.05) is 35.3 Å². The number of aromatic nitrogens is 4. The maximum absolute atomic E-state index is 6.04. The highest BCUT2D eigenvalue weighted by molar-refractivity contribution is 6.42. The SMILES string of the molecule is Cc1ccc(-c2nnnn2-c2ccc(Cl)c(Cl)c2)cc1N. The van der Waals surface area contributed by atoms with E-state index in [-0.39, 0.29) is 0 Å². The zero-order valence-corrected chi connectivity index (χ0v) is 12.6. The van der Waals surface area contributed by atoms with E-state index in [1.165, 1.54) is 0 Å². The Hall–Kier alpha value is -2.11. The van der Waals surface area contributed by atoms with E-state index in [4.69, 9.17) is 28.9 Å². The summed E-state index contributed by atoms with van der Waals surface area (Å²) in [6.45, 7) is 1.95. The molecule has 0 amide bonds. The zero-order valence-electron chi connectivity index (χ0n) is 11.1. The van der Waals surface area contributed by atoms with Gasteiger partial charge in [-0.15, -0.1) is 5.10 Å². The number of benzene rings is 2. The van der Waals surface area contributed by atoms with Gasteiger partial charge in [-0.05, 0) is 47.2 Å². The van der Waals surface area contributed by atoms with Crippen LogP contribution in [0.15, 0.2) is 36.4 Å². The van der Waals surface area contributed by atoms with E-state index in [9.17, 15) is 0 Å². The number of nitrogens with two attached hydrogens (primary N) is 1. The Labute approximate surface area is 131 Å². The summed E-state index contributed by atoms with van der Waals surface area (Å²) in [5.74, 6) is 0.583. The van der Waals surface area contributed by atoms with Crippen molar-refractivity contribution in [3.8, 4) is 17.1 Å². The number of tetrazole rings is 1. The summed E-state index contributed by atoms with van der Waals surface area (Å²) in [6, 6.07) is 10.9. The maximum atomic E-state index is 6.04. The minimum atomic E-state index is 0.444. The monoisotopic (exact) mass is 319 g/mol. The van der Waals surface area contributed by atoms with Crippen LogP contribution in [0.2, 0.25) is 10.0 Å². The summed E-state index contributed by atoms with van der Waals surface area (Å²) in [5.41, 5.74) is 9.19. The smallest absolute Gasteiger partial charge is 0.187 e. The molecule has 0 saturated heterocycles. The number of hydrogen-bond donors (Lipinski definition) is 1. The molecule has 0 unspecified atom stereocenters. The molecule has 0 radical (unpaired) electrons. The number of hydrogen-bond acceptors (Lipinski definition) is 4. The lowest BCUT2D eigenvalue weighted by atomic mass is 10.1. The molecule has 106 valence electrons. The first-order valence-electron chi connectivity index (χ1n) is 6.16. The van der Waals surface area contributed by atoms with Crippen LogP contribution in [0.1, 0.15) is 5.56 Å². The Kier molecular flexibility index (Phi) is 3.53. The molecule has 0 bridgehead atoms. The van der Waals surface area contributed by atoms with E-state index in [1.807, 2.05) is 25.1 Å². The first kappa shape index (κ1) is 13.9. The van der Waals surface area contributed by atoms with Crippen LogP contribution in [0.5, 0.6) is 0 Å². The first-order valence-corrected chi connectivity index (χ1v) is 6.92. The van der Waals surface area contributed by atoms with E-state index >= 15 is 0 Å². The van der Waals surface area contributed by atoms with Crippen molar-refractivity contribution in [2.24, 2.45) is 0 Å². The first-order chi connectivity index (χ1) is 10.1. The quantitative estimate of drug-likeness (QED) is 0.733. The molecule has 0 atom stereocenters. The van der Waals surface area contributed by atoms with Gasteiger partial charge in [0.2, 0.25) is 0 Å². The molecule has 1 heterocycles. The molecule has 21 heavy (non-hydrogen) atoms. The number of rotatable bonds is 2. The molecule has 0 aliphatic rings. The molecule has 7 heteroatoms. The fourth-order valence-corrected chi connectivity index (χ4v) is 2.23. The average Bonchev–Trinajstić information content (AvgIpc) is 2.94. The number of halogens is 2. The third-order valence-corrected chi connectivity index (χ3v) is 3.89. The van der Waals surface area contributed by atoms with Gasteiger partial charge >= 0.3 is 0 Å². The van der Waals surface area contributed by atoms with E-state index in [0.29, 0.717) is 21.6 Å². The second kappa shape index (κ2) is 5.35. The van der Waals surface area contributed by atoms with Crippen LogP contribution >= 0.6 is 23.2 Å². The molecule has 2 aromatic carbocycles. The van der Waals surface area contributed by atoms with Crippen LogP contribution in [0.25, 0.3) is 17.1 Å². The van der Waals surface area contributed by atoms with Crippen molar-refractivity contribution in [1.82, 2.24) is 20.2 Å². The van der Waals surface area contributed by atoms with E-state index in [1.54, 1.807) is 22.9 Å². The summed E-state index contributed by atoms with van der Waals surface area (Å²) in [7, 11) is 0. The minimum absolute atomic E-state index is 0.444. The topological polar surface area (TPSA) is 69.6 Å². The van der Waals surface area contributed by atoms with Gasteiger partial charge in [-0.3, -0.25) is 0 Å². The van der Waals surface area contributed by atoms with Gasteiger partial charge in [0.25, 0.3) is 0 Å². The number of nitrogens with zero attached hydrogens (tertiary/aromatic N) is 4. The van der Waals surface area contributed by atoms with Crippen molar-refractivity contribution in [1.29, 1.82) is 0 Å². The third-order valence-electron chi connectivity index (χ3n) is 3.15. The fourth-order valence-electron chi connectivity index (χ4n) is 1.94. The van der Waals surface area contributed by atoms with Gasteiger partial charge in [0.1, 0.15) is 0 Å². The highest BCUT2D eigenvalue weighted by Gasteiger charge is 2.12. The van der Waals surface area contributed by atoms with Crippen molar-refractivity contribution in [3.05, 3.63) is 52.0 Å². The van der Waals surface area contributed by atoms with Crippen molar-refractivity contribution in [2.45, 2.75) is 6.92 Å². The molecule has 1 aromatic heterocycles. The Balaban J connectivity index is 2.12. The minimum Gasteiger partial charge on any atom is -0.398 e. The zero-order chi connectivity index (χ0) is 15.0. The van der Waals surface area contributed by atoms with Crippen LogP contribution in [0.4, 0.5) is 5.69 Å². The molecule has 0 aliphatic carbocycles. The lowest BCUT2D eigenvalue weighted by Gasteiger charge is -2.07. The predicted molar refractivity (Wildman–Crippen MR) is 83.8 cm³/mol. The average molecular weight is 320 g/mol. The third kappa shape index (κ3) is 2.57. The van der Waals surface area contributed by atoms with Crippen molar-refractivity contribution >= 4 is 28.9 Å². The molecule has 0 saturated carbocycles. The van der Waals surface area contributed by atoms with Crippen LogP contribution in [0.3, 0.4) is 0 Å². The molecule has 2 N–H and O–H groups in total. The van der Waals surface area contributed by atoms with E-state index in [2.05, 4.69) is 15.5 Å². The Morgan fingerprint density at radius 3 is 2.57 bits per heavy atom. The number of anilines is 1. The van der Waals surface area contributed by atoms with Crippen LogP contribution < -0.4 is 5.73 Å². The fraction of sp³-hybridized carbons (Fsp3) is 0.0714. The van der Waals surface area contributed by atoms with Crippen LogP contribution in [-0.4, -0.2) is 20.2 Å². The van der Waals surface area contributed by atoms with E-state index in [0.717, 1.165) is 16.8 Å². The summed E-state index contributed by atoms with van der Waals surface area (Å²) in [6.07, 6.45) is 0. The summed E-state index contributed by atoms with van der Waals surface area (Å²) >= 11 is 12.0. The second-order valence-corrected chi connectivity index (χ2v) is 5.40. The molecule has 5 nitrogen and oxygen atoms in total. The van der Waals surface area contributed by atoms with Crippen molar-refractivity contribution in [2.75, 3.05) is 5.73 Å². The lowest BCUT2D eigenvalue weighted by molar-refractivity contribution is 0.791. The molecule has 0 spiro atoms. The Morgan fingerprint density at radius 2 is 1.86 bits per heavy atom. The molecule has 3 rings (SSSR count). The predicted octanol–water partition coefficient (Wildman–Crippen LogP) is 3.53.